The highest BCUT2D eigenvalue weighted by Crippen LogP contribution is 2.24. The van der Waals surface area contributed by atoms with Crippen molar-refractivity contribution in [3.8, 4) is 17.2 Å². The first-order chi connectivity index (χ1) is 19.2. The highest BCUT2D eigenvalue weighted by atomic mass is 16.5. The van der Waals surface area contributed by atoms with E-state index in [4.69, 9.17) is 14.2 Å². The van der Waals surface area contributed by atoms with Crippen LogP contribution in [0.4, 0.5) is 0 Å². The fraction of sp³-hybridized carbons (Fsp3) is 0.485. The second-order valence-corrected chi connectivity index (χ2v) is 10.5. The Balaban J connectivity index is 1.79. The Morgan fingerprint density at radius 3 is 2.40 bits per heavy atom. The molecule has 0 aliphatic heterocycles. The molecule has 1 N–H and O–H groups in total. The van der Waals surface area contributed by atoms with Gasteiger partial charge in [-0.2, -0.15) is 0 Å². The number of rotatable bonds is 17. The third kappa shape index (κ3) is 13.0. The molecule has 2 aromatic carbocycles. The van der Waals surface area contributed by atoms with E-state index in [-0.39, 0.29) is 30.1 Å². The molecule has 0 saturated carbocycles. The number of unbranched alkanes of at least 4 members (excludes halogenated alkanes) is 2. The zero-order chi connectivity index (χ0) is 29.3. The first-order valence-electron chi connectivity index (χ1n) is 14.3. The van der Waals surface area contributed by atoms with Gasteiger partial charge in [0.1, 0.15) is 23.4 Å². The van der Waals surface area contributed by atoms with Crippen LogP contribution in [-0.2, 0) is 9.53 Å². The zero-order valence-electron chi connectivity index (χ0n) is 24.7. The van der Waals surface area contributed by atoms with Gasteiger partial charge in [-0.05, 0) is 88.8 Å². The molecular weight excluding hydrogens is 506 g/mol. The van der Waals surface area contributed by atoms with Crippen molar-refractivity contribution < 1.29 is 28.9 Å². The van der Waals surface area contributed by atoms with Crippen molar-refractivity contribution in [2.45, 2.75) is 85.7 Å². The number of aromatic hydroxyl groups is 1. The molecule has 0 saturated heterocycles. The summed E-state index contributed by atoms with van der Waals surface area (Å²) >= 11 is 0. The number of aliphatic imine (C=N–C) groups is 1. The van der Waals surface area contributed by atoms with Gasteiger partial charge in [-0.3, -0.25) is 9.79 Å². The molecule has 0 spiro atoms. The normalized spacial score (nSPS) is 12.5. The number of phenolic OH excluding ortho intramolecular Hbond substituents is 1. The van der Waals surface area contributed by atoms with Gasteiger partial charge >= 0.3 is 11.9 Å². The van der Waals surface area contributed by atoms with Crippen LogP contribution in [0.25, 0.3) is 0 Å². The van der Waals surface area contributed by atoms with Crippen molar-refractivity contribution in [3.05, 3.63) is 65.2 Å². The highest BCUT2D eigenvalue weighted by Gasteiger charge is 2.12. The van der Waals surface area contributed by atoms with Crippen LogP contribution in [0.5, 0.6) is 17.2 Å². The van der Waals surface area contributed by atoms with Gasteiger partial charge < -0.3 is 19.3 Å². The first kappa shape index (κ1) is 32.6. The molecule has 0 radical (unpaired) electrons. The van der Waals surface area contributed by atoms with E-state index in [1.54, 1.807) is 43.3 Å². The molecule has 2 aromatic rings. The van der Waals surface area contributed by atoms with E-state index >= 15 is 0 Å². The van der Waals surface area contributed by atoms with Crippen LogP contribution >= 0.6 is 0 Å². The number of hydrogen-bond donors (Lipinski definition) is 1. The minimum absolute atomic E-state index is 0.0721. The molecule has 0 heterocycles. The van der Waals surface area contributed by atoms with Gasteiger partial charge in [-0.25, -0.2) is 4.79 Å². The average molecular weight is 552 g/mol. The summed E-state index contributed by atoms with van der Waals surface area (Å²) in [5.41, 5.74) is 2.19. The summed E-state index contributed by atoms with van der Waals surface area (Å²) in [5.74, 6) is 0.675. The van der Waals surface area contributed by atoms with Crippen molar-refractivity contribution >= 4 is 18.2 Å². The molecule has 0 aliphatic carbocycles. The number of carbonyl (C=O) groups is 2. The molecule has 1 unspecified atom stereocenters. The van der Waals surface area contributed by atoms with E-state index in [1.165, 1.54) is 17.9 Å². The Kier molecular flexibility index (Phi) is 14.6. The number of allylic oxidation sites excluding steroid dienone is 2. The van der Waals surface area contributed by atoms with Crippen LogP contribution in [0, 0.1) is 5.92 Å². The number of phenols is 1. The minimum atomic E-state index is -0.533. The third-order valence-electron chi connectivity index (χ3n) is 6.30. The molecular formula is C33H45NO6. The Hall–Kier alpha value is -3.61. The summed E-state index contributed by atoms with van der Waals surface area (Å²) in [6.07, 6.45) is 9.90. The van der Waals surface area contributed by atoms with Crippen molar-refractivity contribution in [3.63, 3.8) is 0 Å². The van der Waals surface area contributed by atoms with E-state index in [1.807, 2.05) is 0 Å². The van der Waals surface area contributed by atoms with Crippen molar-refractivity contribution in [1.29, 1.82) is 0 Å². The lowest BCUT2D eigenvalue weighted by Crippen LogP contribution is -2.17. The van der Waals surface area contributed by atoms with E-state index in [0.717, 1.165) is 38.5 Å². The number of hydrogen-bond acceptors (Lipinski definition) is 7. The highest BCUT2D eigenvalue weighted by molar-refractivity contribution is 5.91. The van der Waals surface area contributed by atoms with Crippen LogP contribution in [0.2, 0.25) is 0 Å². The summed E-state index contributed by atoms with van der Waals surface area (Å²) in [4.78, 5) is 28.6. The van der Waals surface area contributed by atoms with Gasteiger partial charge in [-0.1, -0.05) is 38.3 Å². The number of carbonyl (C=O) groups excluding carboxylic acids is 2. The molecule has 0 fully saturated rings. The summed E-state index contributed by atoms with van der Waals surface area (Å²) < 4.78 is 16.6. The van der Waals surface area contributed by atoms with Gasteiger partial charge in [-0.15, -0.1) is 0 Å². The Morgan fingerprint density at radius 1 is 1.00 bits per heavy atom. The van der Waals surface area contributed by atoms with Crippen LogP contribution in [0.15, 0.2) is 59.1 Å². The van der Waals surface area contributed by atoms with Gasteiger partial charge in [0.15, 0.2) is 0 Å². The fourth-order valence-electron chi connectivity index (χ4n) is 3.87. The number of nitrogens with zero attached hydrogens (tertiary/aromatic N) is 1. The maximum absolute atomic E-state index is 12.6. The predicted molar refractivity (Wildman–Crippen MR) is 160 cm³/mol. The van der Waals surface area contributed by atoms with E-state index in [2.05, 4.69) is 38.8 Å². The van der Waals surface area contributed by atoms with Crippen molar-refractivity contribution in [2.24, 2.45) is 10.9 Å². The van der Waals surface area contributed by atoms with E-state index < -0.39 is 5.97 Å². The van der Waals surface area contributed by atoms with Gasteiger partial charge in [0.05, 0.1) is 18.7 Å². The van der Waals surface area contributed by atoms with Crippen molar-refractivity contribution in [2.75, 3.05) is 13.2 Å². The molecule has 0 aliphatic rings. The van der Waals surface area contributed by atoms with Gasteiger partial charge in [0.25, 0.3) is 0 Å². The largest absolute Gasteiger partial charge is 0.507 e. The Labute approximate surface area is 239 Å². The number of esters is 2. The first-order valence-corrected chi connectivity index (χ1v) is 14.3. The maximum Gasteiger partial charge on any atom is 0.343 e. The molecule has 40 heavy (non-hydrogen) atoms. The third-order valence-corrected chi connectivity index (χ3v) is 6.30. The lowest BCUT2D eigenvalue weighted by Gasteiger charge is -2.12. The monoisotopic (exact) mass is 551 g/mol. The molecule has 218 valence electrons. The van der Waals surface area contributed by atoms with Gasteiger partial charge in [0, 0.05) is 24.3 Å². The molecule has 2 rings (SSSR count). The van der Waals surface area contributed by atoms with Crippen LogP contribution in [0.3, 0.4) is 0 Å². The van der Waals surface area contributed by atoms with Crippen LogP contribution < -0.4 is 9.47 Å². The maximum atomic E-state index is 12.6. The van der Waals surface area contributed by atoms with Crippen LogP contribution in [-0.4, -0.2) is 42.5 Å². The van der Waals surface area contributed by atoms with Crippen LogP contribution in [0.1, 0.15) is 95.5 Å². The lowest BCUT2D eigenvalue weighted by molar-refractivity contribution is -0.147. The molecule has 2 atom stereocenters. The Bertz CT molecular complexity index is 1120. The standard InChI is InChI=1S/C33H45NO6/c1-6-7-8-12-32(36)39-26(5)22-34-23-28-15-18-30(21-31(28)35)40-33(37)27-13-16-29(17-14-27)38-20-19-25(4)11-9-10-24(2)3/h10,13-18,21,23,25-26,35H,6-9,11-12,19-20,22H2,1-5H3/t25?,26-/m1/s1. The fourth-order valence-corrected chi connectivity index (χ4v) is 3.87. The number of ether oxygens (including phenoxy) is 3. The topological polar surface area (TPSA) is 94.4 Å². The van der Waals surface area contributed by atoms with E-state index in [0.29, 0.717) is 35.8 Å². The SMILES string of the molecule is CCCCCC(=O)O[C@H](C)CN=Cc1ccc(OC(=O)c2ccc(OCCC(C)CCC=C(C)C)cc2)cc1O. The van der Waals surface area contributed by atoms with Gasteiger partial charge in [0.2, 0.25) is 0 Å². The summed E-state index contributed by atoms with van der Waals surface area (Å²) in [5, 5.41) is 10.3. The second kappa shape index (κ2) is 17.9. The molecule has 7 nitrogen and oxygen atoms in total. The molecule has 7 heteroatoms. The lowest BCUT2D eigenvalue weighted by atomic mass is 10.0. The smallest absolute Gasteiger partial charge is 0.343 e. The average Bonchev–Trinajstić information content (AvgIpc) is 2.90. The Morgan fingerprint density at radius 2 is 1.73 bits per heavy atom. The molecule has 0 bridgehead atoms. The molecule has 0 amide bonds. The minimum Gasteiger partial charge on any atom is -0.507 e. The number of benzene rings is 2. The summed E-state index contributed by atoms with van der Waals surface area (Å²) in [7, 11) is 0. The summed E-state index contributed by atoms with van der Waals surface area (Å²) in [6, 6.07) is 11.4. The molecule has 0 aromatic heterocycles. The van der Waals surface area contributed by atoms with Crippen molar-refractivity contribution in [1.82, 2.24) is 0 Å². The zero-order valence-corrected chi connectivity index (χ0v) is 24.7. The second-order valence-electron chi connectivity index (χ2n) is 10.5. The predicted octanol–water partition coefficient (Wildman–Crippen LogP) is 7.69. The quantitative estimate of drug-likeness (QED) is 0.0712. The van der Waals surface area contributed by atoms with E-state index in [9.17, 15) is 14.7 Å². The summed E-state index contributed by atoms with van der Waals surface area (Å²) in [6.45, 7) is 11.2.